The highest BCUT2D eigenvalue weighted by Crippen LogP contribution is 2.32. The Balaban J connectivity index is 3.37. The van der Waals surface area contributed by atoms with Gasteiger partial charge in [0.15, 0.2) is 14.7 Å². The van der Waals surface area contributed by atoms with Gasteiger partial charge in [0.2, 0.25) is 0 Å². The van der Waals surface area contributed by atoms with E-state index in [1.165, 1.54) is 14.7 Å². The van der Waals surface area contributed by atoms with Crippen LogP contribution in [0.3, 0.4) is 0 Å². The van der Waals surface area contributed by atoms with Crippen LogP contribution in [0.25, 0.3) is 0 Å². The third kappa shape index (κ3) is 3.65. The van der Waals surface area contributed by atoms with Crippen LogP contribution in [-0.2, 0) is 10.9 Å². The number of hydrogen-bond donors (Lipinski definition) is 0. The first-order chi connectivity index (χ1) is 9.21. The standard InChI is InChI=1S/C17H21OS/c1-6-15(7-2)19(16(8-3)9-4)17-12-10-11-14(13-17)18-5/h6-13H,1,3H2,2,4-5H3/q+1/b15-7+,16-9+. The van der Waals surface area contributed by atoms with Crippen LogP contribution in [0.4, 0.5) is 0 Å². The average molecular weight is 273 g/mol. The summed E-state index contributed by atoms with van der Waals surface area (Å²) in [6.07, 6.45) is 8.02. The second-order valence-electron chi connectivity index (χ2n) is 3.78. The Kier molecular flexibility index (Phi) is 6.23. The smallest absolute Gasteiger partial charge is 0.170 e. The van der Waals surface area contributed by atoms with Gasteiger partial charge in [-0.1, -0.05) is 19.2 Å². The molecule has 1 nitrogen and oxygen atoms in total. The summed E-state index contributed by atoms with van der Waals surface area (Å²) in [5, 5.41) is 0. The zero-order valence-electron chi connectivity index (χ0n) is 11.8. The summed E-state index contributed by atoms with van der Waals surface area (Å²) in [6.45, 7) is 11.9. The first-order valence-corrected chi connectivity index (χ1v) is 7.40. The first kappa shape index (κ1) is 15.4. The summed E-state index contributed by atoms with van der Waals surface area (Å²) in [5.74, 6) is 0.869. The third-order valence-corrected chi connectivity index (χ3v) is 5.19. The zero-order valence-corrected chi connectivity index (χ0v) is 12.7. The lowest BCUT2D eigenvalue weighted by Gasteiger charge is -2.09. The molecule has 1 aromatic carbocycles. The molecule has 0 unspecified atom stereocenters. The van der Waals surface area contributed by atoms with Crippen molar-refractivity contribution in [3.8, 4) is 5.75 Å². The van der Waals surface area contributed by atoms with Crippen LogP contribution < -0.4 is 4.74 Å². The Morgan fingerprint density at radius 1 is 1.11 bits per heavy atom. The van der Waals surface area contributed by atoms with E-state index in [2.05, 4.69) is 37.4 Å². The van der Waals surface area contributed by atoms with Gasteiger partial charge in [-0.25, -0.2) is 0 Å². The van der Waals surface area contributed by atoms with Gasteiger partial charge >= 0.3 is 0 Å². The van der Waals surface area contributed by atoms with Gasteiger partial charge in [0.05, 0.1) is 18.0 Å². The Hall–Kier alpha value is -1.67. The molecule has 0 aliphatic carbocycles. The van der Waals surface area contributed by atoms with Crippen LogP contribution in [0.5, 0.6) is 5.75 Å². The van der Waals surface area contributed by atoms with E-state index in [0.29, 0.717) is 0 Å². The number of benzene rings is 1. The van der Waals surface area contributed by atoms with Gasteiger partial charge in [-0.3, -0.25) is 0 Å². The van der Waals surface area contributed by atoms with E-state index in [9.17, 15) is 0 Å². The molecule has 0 radical (unpaired) electrons. The molecule has 19 heavy (non-hydrogen) atoms. The predicted octanol–water partition coefficient (Wildman–Crippen LogP) is 4.85. The van der Waals surface area contributed by atoms with Crippen molar-refractivity contribution >= 4 is 10.9 Å². The van der Waals surface area contributed by atoms with Crippen LogP contribution >= 0.6 is 0 Å². The van der Waals surface area contributed by atoms with Gasteiger partial charge in [-0.15, -0.1) is 0 Å². The molecule has 0 N–H and O–H groups in total. The molecule has 0 atom stereocenters. The molecule has 0 saturated heterocycles. The van der Waals surface area contributed by atoms with Crippen molar-refractivity contribution in [3.05, 3.63) is 71.5 Å². The normalized spacial score (nSPS) is 13.8. The van der Waals surface area contributed by atoms with Crippen molar-refractivity contribution in [1.82, 2.24) is 0 Å². The van der Waals surface area contributed by atoms with Crippen molar-refractivity contribution in [3.63, 3.8) is 0 Å². The molecule has 0 bridgehead atoms. The predicted molar refractivity (Wildman–Crippen MR) is 86.5 cm³/mol. The molecular formula is C17H21OS+. The molecule has 2 heteroatoms. The summed E-state index contributed by atoms with van der Waals surface area (Å²) < 4.78 is 5.31. The lowest BCUT2D eigenvalue weighted by atomic mass is 10.3. The maximum Gasteiger partial charge on any atom is 0.170 e. The molecule has 1 aromatic rings. The van der Waals surface area contributed by atoms with Crippen molar-refractivity contribution < 1.29 is 4.74 Å². The maximum atomic E-state index is 5.31. The number of hydrogen-bond acceptors (Lipinski definition) is 1. The number of ether oxygens (including phenoxy) is 1. The summed E-state index contributed by atoms with van der Waals surface area (Å²) in [5.41, 5.74) is 0. The van der Waals surface area contributed by atoms with Crippen molar-refractivity contribution in [2.75, 3.05) is 7.11 Å². The Bertz CT molecular complexity index is 488. The molecule has 0 aliphatic heterocycles. The van der Waals surface area contributed by atoms with Crippen LogP contribution in [0.1, 0.15) is 13.8 Å². The largest absolute Gasteiger partial charge is 0.497 e. The van der Waals surface area contributed by atoms with Gasteiger partial charge < -0.3 is 4.74 Å². The van der Waals surface area contributed by atoms with E-state index in [1.807, 2.05) is 38.1 Å². The van der Waals surface area contributed by atoms with Crippen LogP contribution in [0.15, 0.2) is 76.4 Å². The van der Waals surface area contributed by atoms with Gasteiger partial charge in [-0.2, -0.15) is 0 Å². The molecule has 0 saturated carbocycles. The number of methoxy groups -OCH3 is 1. The fourth-order valence-corrected chi connectivity index (χ4v) is 3.84. The molecular weight excluding hydrogens is 252 g/mol. The van der Waals surface area contributed by atoms with Gasteiger partial charge in [0, 0.05) is 6.07 Å². The zero-order chi connectivity index (χ0) is 14.3. The van der Waals surface area contributed by atoms with Gasteiger partial charge in [0.1, 0.15) is 5.75 Å². The second-order valence-corrected chi connectivity index (χ2v) is 5.80. The second kappa shape index (κ2) is 7.70. The molecule has 0 spiro atoms. The Morgan fingerprint density at radius 3 is 2.11 bits per heavy atom. The van der Waals surface area contributed by atoms with E-state index in [4.69, 9.17) is 4.74 Å². The third-order valence-electron chi connectivity index (χ3n) is 2.72. The number of allylic oxidation sites excluding steroid dienone is 4. The van der Waals surface area contributed by atoms with E-state index in [-0.39, 0.29) is 10.9 Å². The lowest BCUT2D eigenvalue weighted by molar-refractivity contribution is 0.413. The monoisotopic (exact) mass is 273 g/mol. The van der Waals surface area contributed by atoms with Gasteiger partial charge in [-0.05, 0) is 50.3 Å². The minimum Gasteiger partial charge on any atom is -0.497 e. The minimum absolute atomic E-state index is 0.169. The molecule has 100 valence electrons. The Morgan fingerprint density at radius 2 is 1.68 bits per heavy atom. The molecule has 1 rings (SSSR count). The fraction of sp³-hybridized carbons (Fsp3) is 0.176. The minimum atomic E-state index is -0.169. The highest BCUT2D eigenvalue weighted by atomic mass is 32.2. The summed E-state index contributed by atoms with van der Waals surface area (Å²) >= 11 is 0. The maximum absolute atomic E-state index is 5.31. The van der Waals surface area contributed by atoms with Crippen molar-refractivity contribution in [2.45, 2.75) is 18.7 Å². The Labute approximate surface area is 119 Å². The number of rotatable bonds is 6. The van der Waals surface area contributed by atoms with Crippen molar-refractivity contribution in [2.24, 2.45) is 0 Å². The molecule has 0 aromatic heterocycles. The topological polar surface area (TPSA) is 9.23 Å². The van der Waals surface area contributed by atoms with Crippen LogP contribution in [0, 0.1) is 0 Å². The lowest BCUT2D eigenvalue weighted by Crippen LogP contribution is -2.07. The summed E-state index contributed by atoms with van der Waals surface area (Å²) in [4.78, 5) is 3.60. The van der Waals surface area contributed by atoms with E-state index >= 15 is 0 Å². The summed E-state index contributed by atoms with van der Waals surface area (Å²) in [6, 6.07) is 8.16. The highest BCUT2D eigenvalue weighted by molar-refractivity contribution is 8.04. The van der Waals surface area contributed by atoms with E-state index < -0.39 is 0 Å². The fourth-order valence-electron chi connectivity index (χ4n) is 1.77. The average Bonchev–Trinajstić information content (AvgIpc) is 2.47. The van der Waals surface area contributed by atoms with E-state index in [1.54, 1.807) is 7.11 Å². The summed E-state index contributed by atoms with van der Waals surface area (Å²) in [7, 11) is 1.52. The molecule has 0 fully saturated rings. The molecule has 0 amide bonds. The quantitative estimate of drug-likeness (QED) is 0.531. The van der Waals surface area contributed by atoms with Crippen LogP contribution in [-0.4, -0.2) is 7.11 Å². The van der Waals surface area contributed by atoms with Crippen LogP contribution in [0.2, 0.25) is 0 Å². The van der Waals surface area contributed by atoms with Crippen molar-refractivity contribution in [1.29, 1.82) is 0 Å². The molecule has 0 aliphatic rings. The first-order valence-electron chi connectivity index (χ1n) is 6.17. The highest BCUT2D eigenvalue weighted by Gasteiger charge is 2.29. The van der Waals surface area contributed by atoms with E-state index in [0.717, 1.165) is 5.75 Å². The van der Waals surface area contributed by atoms with Gasteiger partial charge in [0.25, 0.3) is 0 Å². The molecule has 0 heterocycles. The SMILES string of the molecule is C=C/C(=C\C)[S+](/C(C=C)=C/C)c1cccc(OC)c1.